The largest absolute Gasteiger partial charge is 0.496 e. The van der Waals surface area contributed by atoms with Crippen LogP contribution in [-0.2, 0) is 6.42 Å². The van der Waals surface area contributed by atoms with Crippen LogP contribution in [0.25, 0.3) is 0 Å². The van der Waals surface area contributed by atoms with Crippen LogP contribution in [0.2, 0.25) is 0 Å². The highest BCUT2D eigenvalue weighted by molar-refractivity contribution is 9.10. The zero-order valence-corrected chi connectivity index (χ0v) is 12.8. The third-order valence-corrected chi connectivity index (χ3v) is 4.06. The average Bonchev–Trinajstić information content (AvgIpc) is 2.88. The van der Waals surface area contributed by atoms with E-state index in [2.05, 4.69) is 15.9 Å². The van der Waals surface area contributed by atoms with E-state index in [4.69, 9.17) is 9.15 Å². The topological polar surface area (TPSA) is 42.6 Å². The fourth-order valence-electron chi connectivity index (χ4n) is 2.11. The molecule has 1 heterocycles. The molecule has 0 spiro atoms. The summed E-state index contributed by atoms with van der Waals surface area (Å²) in [6, 6.07) is 5.61. The van der Waals surface area contributed by atoms with Crippen molar-refractivity contribution in [3.63, 3.8) is 0 Å². The van der Waals surface area contributed by atoms with E-state index in [-0.39, 0.29) is 0 Å². The molecule has 3 nitrogen and oxygen atoms in total. The van der Waals surface area contributed by atoms with E-state index in [0.29, 0.717) is 5.75 Å². The number of furan rings is 1. The van der Waals surface area contributed by atoms with Crippen LogP contribution in [0.3, 0.4) is 0 Å². The highest BCUT2D eigenvalue weighted by atomic mass is 79.9. The molecule has 1 unspecified atom stereocenters. The Bertz CT molecular complexity index is 575. The van der Waals surface area contributed by atoms with Gasteiger partial charge in [-0.25, -0.2) is 0 Å². The second kappa shape index (κ2) is 5.80. The highest BCUT2D eigenvalue weighted by Crippen LogP contribution is 2.35. The number of methoxy groups -OCH3 is 1. The molecule has 0 amide bonds. The first kappa shape index (κ1) is 14.2. The third kappa shape index (κ3) is 2.69. The quantitative estimate of drug-likeness (QED) is 0.924. The number of benzene rings is 1. The van der Waals surface area contributed by atoms with Crippen molar-refractivity contribution >= 4 is 15.9 Å². The van der Waals surface area contributed by atoms with Gasteiger partial charge in [0.2, 0.25) is 0 Å². The van der Waals surface area contributed by atoms with E-state index in [0.717, 1.165) is 33.3 Å². The summed E-state index contributed by atoms with van der Waals surface area (Å²) in [5.41, 5.74) is 2.59. The maximum Gasteiger partial charge on any atom is 0.125 e. The smallest absolute Gasteiger partial charge is 0.125 e. The monoisotopic (exact) mass is 324 g/mol. The molecule has 0 aliphatic heterocycles. The lowest BCUT2D eigenvalue weighted by Crippen LogP contribution is -2.04. The second-order valence-corrected chi connectivity index (χ2v) is 5.25. The summed E-state index contributed by atoms with van der Waals surface area (Å²) >= 11 is 3.49. The lowest BCUT2D eigenvalue weighted by Gasteiger charge is -2.16. The van der Waals surface area contributed by atoms with Gasteiger partial charge in [0.25, 0.3) is 0 Å². The lowest BCUT2D eigenvalue weighted by molar-refractivity contribution is 0.212. The van der Waals surface area contributed by atoms with Gasteiger partial charge in [0, 0.05) is 22.0 Å². The Labute approximate surface area is 121 Å². The van der Waals surface area contributed by atoms with Crippen LogP contribution in [0.4, 0.5) is 0 Å². The van der Waals surface area contributed by atoms with Gasteiger partial charge in [-0.15, -0.1) is 0 Å². The number of aliphatic hydroxyl groups is 1. The molecule has 0 fully saturated rings. The number of hydrogen-bond acceptors (Lipinski definition) is 3. The zero-order valence-electron chi connectivity index (χ0n) is 11.2. The molecule has 1 aromatic heterocycles. The summed E-state index contributed by atoms with van der Waals surface area (Å²) in [5.74, 6) is 1.47. The van der Waals surface area contributed by atoms with Crippen molar-refractivity contribution in [2.75, 3.05) is 7.11 Å². The Hall–Kier alpha value is -1.26. The molecule has 0 saturated heterocycles. The molecule has 2 aromatic rings. The molecule has 0 aliphatic carbocycles. The van der Waals surface area contributed by atoms with Gasteiger partial charge in [0.15, 0.2) is 0 Å². The molecule has 19 heavy (non-hydrogen) atoms. The van der Waals surface area contributed by atoms with Gasteiger partial charge in [0.05, 0.1) is 13.4 Å². The van der Waals surface area contributed by atoms with Crippen molar-refractivity contribution in [3.05, 3.63) is 51.4 Å². The number of ether oxygens (including phenoxy) is 1. The molecule has 0 aliphatic rings. The number of hydrogen-bond donors (Lipinski definition) is 1. The summed E-state index contributed by atoms with van der Waals surface area (Å²) < 4.78 is 11.7. The third-order valence-electron chi connectivity index (χ3n) is 3.20. The van der Waals surface area contributed by atoms with Crippen molar-refractivity contribution in [3.8, 4) is 5.75 Å². The first-order valence-electron chi connectivity index (χ1n) is 6.16. The maximum atomic E-state index is 10.6. The molecule has 0 radical (unpaired) electrons. The van der Waals surface area contributed by atoms with Gasteiger partial charge in [-0.2, -0.15) is 0 Å². The van der Waals surface area contributed by atoms with Crippen LogP contribution in [0.5, 0.6) is 5.75 Å². The molecule has 4 heteroatoms. The van der Waals surface area contributed by atoms with Gasteiger partial charge in [0.1, 0.15) is 17.6 Å². The van der Waals surface area contributed by atoms with Crippen LogP contribution in [0.15, 0.2) is 33.4 Å². The van der Waals surface area contributed by atoms with Crippen LogP contribution in [0.1, 0.15) is 35.5 Å². The molecule has 1 atom stereocenters. The van der Waals surface area contributed by atoms with Crippen molar-refractivity contribution < 1.29 is 14.3 Å². The van der Waals surface area contributed by atoms with Gasteiger partial charge < -0.3 is 14.3 Å². The first-order valence-corrected chi connectivity index (χ1v) is 6.96. The average molecular weight is 325 g/mol. The molecule has 0 saturated carbocycles. The van der Waals surface area contributed by atoms with Crippen LogP contribution in [-0.4, -0.2) is 12.2 Å². The Morgan fingerprint density at radius 2 is 2.11 bits per heavy atom. The van der Waals surface area contributed by atoms with Gasteiger partial charge in [-0.3, -0.25) is 0 Å². The number of aliphatic hydroxyl groups excluding tert-OH is 1. The van der Waals surface area contributed by atoms with E-state index >= 15 is 0 Å². The highest BCUT2D eigenvalue weighted by Gasteiger charge is 2.21. The molecular formula is C15H17BrO3. The Balaban J connectivity index is 2.49. The number of halogens is 1. The molecule has 102 valence electrons. The number of rotatable bonds is 4. The van der Waals surface area contributed by atoms with Crippen molar-refractivity contribution in [1.82, 2.24) is 0 Å². The normalized spacial score (nSPS) is 12.5. The van der Waals surface area contributed by atoms with E-state index in [1.54, 1.807) is 19.4 Å². The Kier molecular flexibility index (Phi) is 4.32. The minimum absolute atomic E-state index is 0.677. The predicted octanol–water partition coefficient (Wildman–Crippen LogP) is 4.00. The minimum atomic E-state index is -0.749. The molecule has 0 bridgehead atoms. The summed E-state index contributed by atoms with van der Waals surface area (Å²) in [4.78, 5) is 0. The summed E-state index contributed by atoms with van der Waals surface area (Å²) in [7, 11) is 1.61. The van der Waals surface area contributed by atoms with E-state index in [1.165, 1.54) is 0 Å². The maximum absolute atomic E-state index is 10.6. The van der Waals surface area contributed by atoms with Crippen molar-refractivity contribution in [1.29, 1.82) is 0 Å². The Morgan fingerprint density at radius 1 is 1.37 bits per heavy atom. The molecule has 1 aromatic carbocycles. The van der Waals surface area contributed by atoms with E-state index in [1.807, 2.05) is 26.0 Å². The minimum Gasteiger partial charge on any atom is -0.496 e. The van der Waals surface area contributed by atoms with E-state index < -0.39 is 6.10 Å². The number of aryl methyl sites for hydroxylation is 2. The molecule has 1 N–H and O–H groups in total. The van der Waals surface area contributed by atoms with Gasteiger partial charge in [-0.05, 0) is 30.7 Å². The summed E-state index contributed by atoms with van der Waals surface area (Å²) in [6.07, 6.45) is 1.60. The first-order chi connectivity index (χ1) is 9.08. The standard InChI is InChI=1S/C15H17BrO3/c1-4-13-10(5-6-19-13)15(17)11-8-12(16)9(2)7-14(11)18-3/h5-8,15,17H,4H2,1-3H3. The fourth-order valence-corrected chi connectivity index (χ4v) is 2.47. The van der Waals surface area contributed by atoms with Crippen molar-refractivity contribution in [2.24, 2.45) is 0 Å². The molecular weight excluding hydrogens is 308 g/mol. The Morgan fingerprint density at radius 3 is 2.74 bits per heavy atom. The van der Waals surface area contributed by atoms with Crippen molar-refractivity contribution in [2.45, 2.75) is 26.4 Å². The second-order valence-electron chi connectivity index (χ2n) is 4.40. The van der Waals surface area contributed by atoms with Crippen LogP contribution < -0.4 is 4.74 Å². The summed E-state index contributed by atoms with van der Waals surface area (Å²) in [5, 5.41) is 10.6. The van der Waals surface area contributed by atoms with Gasteiger partial charge in [-0.1, -0.05) is 22.9 Å². The van der Waals surface area contributed by atoms with Gasteiger partial charge >= 0.3 is 0 Å². The fraction of sp³-hybridized carbons (Fsp3) is 0.333. The van der Waals surface area contributed by atoms with Crippen LogP contribution >= 0.6 is 15.9 Å². The lowest BCUT2D eigenvalue weighted by atomic mass is 9.99. The zero-order chi connectivity index (χ0) is 14.0. The predicted molar refractivity (Wildman–Crippen MR) is 77.6 cm³/mol. The van der Waals surface area contributed by atoms with E-state index in [9.17, 15) is 5.11 Å². The van der Waals surface area contributed by atoms with Crippen LogP contribution in [0, 0.1) is 6.92 Å². The SMILES string of the molecule is CCc1occc1C(O)c1cc(Br)c(C)cc1OC. The summed E-state index contributed by atoms with van der Waals surface area (Å²) in [6.45, 7) is 3.98. The molecule has 2 rings (SSSR count).